The van der Waals surface area contributed by atoms with Gasteiger partial charge in [0.1, 0.15) is 6.04 Å². The molecule has 1 amide bonds. The molecule has 1 aliphatic carbocycles. The highest BCUT2D eigenvalue weighted by atomic mass is 16.5. The van der Waals surface area contributed by atoms with E-state index >= 15 is 0 Å². The molecule has 0 aromatic carbocycles. The summed E-state index contributed by atoms with van der Waals surface area (Å²) in [5.41, 5.74) is 0. The highest BCUT2D eigenvalue weighted by Crippen LogP contribution is 2.17. The van der Waals surface area contributed by atoms with Crippen LogP contribution in [0.4, 0.5) is 0 Å². The average molecular weight is 200 g/mol. The van der Waals surface area contributed by atoms with Crippen molar-refractivity contribution < 1.29 is 14.3 Å². The van der Waals surface area contributed by atoms with Gasteiger partial charge in [-0.15, -0.1) is 0 Å². The number of carbonyl (C=O) groups is 2. The Labute approximate surface area is 83.2 Å². The lowest BCUT2D eigenvalue weighted by Crippen LogP contribution is -2.43. The van der Waals surface area contributed by atoms with Crippen LogP contribution in [0.2, 0.25) is 0 Å². The number of ether oxygens (including phenoxy) is 1. The number of carbonyl (C=O) groups excluding carboxylic acids is 2. The van der Waals surface area contributed by atoms with Crippen LogP contribution in [-0.4, -0.2) is 37.6 Å². The molecule has 1 fully saturated rings. The first kappa shape index (κ1) is 11.0. The molecule has 0 spiro atoms. The highest BCUT2D eigenvalue weighted by molar-refractivity contribution is 5.85. The summed E-state index contributed by atoms with van der Waals surface area (Å²) in [7, 11) is 1.30. The molecule has 0 radical (unpaired) electrons. The van der Waals surface area contributed by atoms with Crippen molar-refractivity contribution in [2.24, 2.45) is 0 Å². The Morgan fingerprint density at radius 1 is 1.50 bits per heavy atom. The zero-order valence-corrected chi connectivity index (χ0v) is 8.50. The fraction of sp³-hybridized carbons (Fsp3) is 0.778. The predicted molar refractivity (Wildman–Crippen MR) is 50.6 cm³/mol. The Morgan fingerprint density at radius 2 is 2.14 bits per heavy atom. The predicted octanol–water partition coefficient (Wildman–Crippen LogP) is -0.584. The molecule has 1 atom stereocenters. The zero-order chi connectivity index (χ0) is 10.6. The Bertz CT molecular complexity index is 226. The van der Waals surface area contributed by atoms with Crippen LogP contribution in [0.15, 0.2) is 0 Å². The van der Waals surface area contributed by atoms with Gasteiger partial charge in [0.15, 0.2) is 0 Å². The van der Waals surface area contributed by atoms with Gasteiger partial charge in [0, 0.05) is 6.04 Å². The largest absolute Gasteiger partial charge is 0.467 e. The molecule has 14 heavy (non-hydrogen) atoms. The van der Waals surface area contributed by atoms with Gasteiger partial charge in [-0.1, -0.05) is 0 Å². The molecule has 5 nitrogen and oxygen atoms in total. The minimum atomic E-state index is -0.575. The summed E-state index contributed by atoms with van der Waals surface area (Å²) in [5, 5.41) is 5.59. The summed E-state index contributed by atoms with van der Waals surface area (Å²) in [6.07, 6.45) is 2.28. The third-order valence-corrected chi connectivity index (χ3v) is 2.06. The molecule has 0 aliphatic heterocycles. The lowest BCUT2D eigenvalue weighted by atomic mass is 10.3. The standard InChI is InChI=1S/C9H16N2O3/c1-6(9(13)14-2)11-8(12)5-10-7-3-4-7/h6-7,10H,3-5H2,1-2H3,(H,11,12). The second-order valence-electron chi connectivity index (χ2n) is 3.47. The maximum atomic E-state index is 11.2. The van der Waals surface area contributed by atoms with Crippen LogP contribution < -0.4 is 10.6 Å². The smallest absolute Gasteiger partial charge is 0.328 e. The molecule has 80 valence electrons. The van der Waals surface area contributed by atoms with E-state index in [0.29, 0.717) is 6.04 Å². The van der Waals surface area contributed by atoms with Crippen LogP contribution in [0, 0.1) is 0 Å². The summed E-state index contributed by atoms with van der Waals surface area (Å²) < 4.78 is 4.48. The molecule has 0 heterocycles. The minimum absolute atomic E-state index is 0.171. The van der Waals surface area contributed by atoms with Gasteiger partial charge in [0.2, 0.25) is 5.91 Å². The number of rotatable bonds is 5. The van der Waals surface area contributed by atoms with Crippen LogP contribution in [-0.2, 0) is 14.3 Å². The van der Waals surface area contributed by atoms with Crippen molar-refractivity contribution in [1.82, 2.24) is 10.6 Å². The van der Waals surface area contributed by atoms with E-state index in [2.05, 4.69) is 15.4 Å². The monoisotopic (exact) mass is 200 g/mol. The Balaban J connectivity index is 2.14. The molecule has 2 N–H and O–H groups in total. The molecule has 0 aromatic rings. The average Bonchev–Trinajstić information content (AvgIpc) is 2.96. The van der Waals surface area contributed by atoms with Crippen molar-refractivity contribution in [1.29, 1.82) is 0 Å². The molecule has 0 saturated heterocycles. The number of methoxy groups -OCH3 is 1. The normalized spacial score (nSPS) is 17.3. The Hall–Kier alpha value is -1.10. The van der Waals surface area contributed by atoms with Crippen LogP contribution >= 0.6 is 0 Å². The Kier molecular flexibility index (Phi) is 3.88. The van der Waals surface area contributed by atoms with Gasteiger partial charge in [-0.25, -0.2) is 4.79 Å². The van der Waals surface area contributed by atoms with Crippen molar-refractivity contribution in [2.75, 3.05) is 13.7 Å². The molecule has 1 rings (SSSR count). The highest BCUT2D eigenvalue weighted by Gasteiger charge is 2.22. The van der Waals surface area contributed by atoms with Crippen molar-refractivity contribution in [3.05, 3.63) is 0 Å². The van der Waals surface area contributed by atoms with Gasteiger partial charge < -0.3 is 15.4 Å². The molecule has 0 aromatic heterocycles. The maximum absolute atomic E-state index is 11.2. The van der Waals surface area contributed by atoms with E-state index in [-0.39, 0.29) is 12.5 Å². The summed E-state index contributed by atoms with van der Waals surface area (Å²) in [5.74, 6) is -0.598. The number of hydrogen-bond acceptors (Lipinski definition) is 4. The van der Waals surface area contributed by atoms with E-state index in [1.54, 1.807) is 6.92 Å². The van der Waals surface area contributed by atoms with E-state index in [9.17, 15) is 9.59 Å². The van der Waals surface area contributed by atoms with Crippen LogP contribution in [0.3, 0.4) is 0 Å². The summed E-state index contributed by atoms with van der Waals surface area (Å²) in [6, 6.07) is -0.0808. The topological polar surface area (TPSA) is 67.4 Å². The summed E-state index contributed by atoms with van der Waals surface area (Å²) >= 11 is 0. The molecule has 0 bridgehead atoms. The lowest BCUT2D eigenvalue weighted by molar-refractivity contribution is -0.144. The lowest BCUT2D eigenvalue weighted by Gasteiger charge is -2.11. The number of nitrogens with one attached hydrogen (secondary N) is 2. The third kappa shape index (κ3) is 3.74. The van der Waals surface area contributed by atoms with Crippen LogP contribution in [0.25, 0.3) is 0 Å². The SMILES string of the molecule is COC(=O)C(C)NC(=O)CNC1CC1. The van der Waals surface area contributed by atoms with Crippen molar-refractivity contribution in [3.8, 4) is 0 Å². The zero-order valence-electron chi connectivity index (χ0n) is 8.50. The van der Waals surface area contributed by atoms with E-state index in [0.717, 1.165) is 12.8 Å². The Morgan fingerprint density at radius 3 is 2.64 bits per heavy atom. The first-order chi connectivity index (χ1) is 6.63. The van der Waals surface area contributed by atoms with Crippen molar-refractivity contribution in [2.45, 2.75) is 31.8 Å². The number of esters is 1. The maximum Gasteiger partial charge on any atom is 0.328 e. The van der Waals surface area contributed by atoms with Gasteiger partial charge in [-0.05, 0) is 19.8 Å². The number of hydrogen-bond donors (Lipinski definition) is 2. The third-order valence-electron chi connectivity index (χ3n) is 2.06. The van der Waals surface area contributed by atoms with Gasteiger partial charge in [0.05, 0.1) is 13.7 Å². The molecule has 1 unspecified atom stereocenters. The second kappa shape index (κ2) is 4.95. The fourth-order valence-corrected chi connectivity index (χ4v) is 1.05. The molecule has 5 heteroatoms. The van der Waals surface area contributed by atoms with Gasteiger partial charge >= 0.3 is 5.97 Å². The van der Waals surface area contributed by atoms with Crippen LogP contribution in [0.1, 0.15) is 19.8 Å². The molecule has 1 aliphatic rings. The van der Waals surface area contributed by atoms with Crippen molar-refractivity contribution in [3.63, 3.8) is 0 Å². The minimum Gasteiger partial charge on any atom is -0.467 e. The first-order valence-electron chi connectivity index (χ1n) is 4.74. The van der Waals surface area contributed by atoms with Crippen LogP contribution in [0.5, 0.6) is 0 Å². The van der Waals surface area contributed by atoms with Crippen molar-refractivity contribution >= 4 is 11.9 Å². The van der Waals surface area contributed by atoms with E-state index < -0.39 is 12.0 Å². The van der Waals surface area contributed by atoms with Gasteiger partial charge in [-0.2, -0.15) is 0 Å². The second-order valence-corrected chi connectivity index (χ2v) is 3.47. The molecular formula is C9H16N2O3. The van der Waals surface area contributed by atoms with E-state index in [1.165, 1.54) is 7.11 Å². The van der Waals surface area contributed by atoms with Gasteiger partial charge in [-0.3, -0.25) is 4.79 Å². The van der Waals surface area contributed by atoms with Gasteiger partial charge in [0.25, 0.3) is 0 Å². The molecule has 1 saturated carbocycles. The quantitative estimate of drug-likeness (QED) is 0.582. The van der Waals surface area contributed by atoms with E-state index in [1.807, 2.05) is 0 Å². The fourth-order valence-electron chi connectivity index (χ4n) is 1.05. The van der Waals surface area contributed by atoms with E-state index in [4.69, 9.17) is 0 Å². The summed E-state index contributed by atoms with van der Waals surface area (Å²) in [4.78, 5) is 22.2. The number of amides is 1. The molecular weight excluding hydrogens is 184 g/mol. The summed E-state index contributed by atoms with van der Waals surface area (Å²) in [6.45, 7) is 1.87. The first-order valence-corrected chi connectivity index (χ1v) is 4.74.